The van der Waals surface area contributed by atoms with Crippen molar-refractivity contribution in [2.45, 2.75) is 31.6 Å². The first kappa shape index (κ1) is 11.5. The highest BCUT2D eigenvalue weighted by atomic mass is 16.4. The van der Waals surface area contributed by atoms with Crippen molar-refractivity contribution in [1.82, 2.24) is 4.98 Å². The van der Waals surface area contributed by atoms with Crippen molar-refractivity contribution in [3.63, 3.8) is 0 Å². The lowest BCUT2D eigenvalue weighted by molar-refractivity contribution is -0.142. The molecule has 96 valence electrons. The summed E-state index contributed by atoms with van der Waals surface area (Å²) in [4.78, 5) is 17.8. The smallest absolute Gasteiger partial charge is 0.306 e. The molecular formula is C14H18N2O2. The average Bonchev–Trinajstić information content (AvgIpc) is 3.23. The fourth-order valence-electron chi connectivity index (χ4n) is 2.58. The van der Waals surface area contributed by atoms with Crippen LogP contribution >= 0.6 is 0 Å². The van der Waals surface area contributed by atoms with Gasteiger partial charge >= 0.3 is 5.97 Å². The van der Waals surface area contributed by atoms with Gasteiger partial charge in [-0.25, -0.2) is 4.98 Å². The molecule has 0 bridgehead atoms. The molecule has 0 amide bonds. The molecule has 3 rings (SSSR count). The number of anilines is 1. The van der Waals surface area contributed by atoms with Crippen molar-refractivity contribution in [3.8, 4) is 0 Å². The van der Waals surface area contributed by atoms with E-state index in [9.17, 15) is 4.79 Å². The lowest BCUT2D eigenvalue weighted by Crippen LogP contribution is -2.36. The summed E-state index contributed by atoms with van der Waals surface area (Å²) in [5, 5.41) is 8.99. The molecule has 4 heteroatoms. The van der Waals surface area contributed by atoms with E-state index in [2.05, 4.69) is 17.0 Å². The summed E-state index contributed by atoms with van der Waals surface area (Å²) in [6.45, 7) is 1.61. The Hall–Kier alpha value is -1.58. The summed E-state index contributed by atoms with van der Waals surface area (Å²) in [6, 6.07) is 6.21. The number of piperidine rings is 1. The molecule has 2 heterocycles. The van der Waals surface area contributed by atoms with Crippen LogP contribution in [0.1, 0.15) is 37.3 Å². The van der Waals surface area contributed by atoms with E-state index >= 15 is 0 Å². The van der Waals surface area contributed by atoms with E-state index in [1.54, 1.807) is 0 Å². The molecule has 0 unspecified atom stereocenters. The highest BCUT2D eigenvalue weighted by Gasteiger charge is 2.27. The van der Waals surface area contributed by atoms with Crippen LogP contribution in [0, 0.1) is 5.92 Å². The SMILES string of the molecule is O=C(O)C1CCN(c2cccc(C3CC3)n2)CC1. The average molecular weight is 246 g/mol. The molecule has 0 radical (unpaired) electrons. The summed E-state index contributed by atoms with van der Waals surface area (Å²) >= 11 is 0. The number of carboxylic acid groups (broad SMARTS) is 1. The quantitative estimate of drug-likeness (QED) is 0.888. The topological polar surface area (TPSA) is 53.4 Å². The minimum atomic E-state index is -0.658. The van der Waals surface area contributed by atoms with Gasteiger partial charge in [-0.2, -0.15) is 0 Å². The maximum atomic E-state index is 10.9. The van der Waals surface area contributed by atoms with E-state index < -0.39 is 5.97 Å². The Bertz CT molecular complexity index is 449. The Kier molecular flexibility index (Phi) is 2.94. The predicted octanol–water partition coefficient (Wildman–Crippen LogP) is 2.26. The van der Waals surface area contributed by atoms with Crippen LogP contribution in [0.3, 0.4) is 0 Å². The van der Waals surface area contributed by atoms with Crippen LogP contribution in [0.5, 0.6) is 0 Å². The molecule has 1 saturated carbocycles. The highest BCUT2D eigenvalue weighted by molar-refractivity contribution is 5.70. The molecule has 2 aliphatic rings. The fraction of sp³-hybridized carbons (Fsp3) is 0.571. The number of rotatable bonds is 3. The lowest BCUT2D eigenvalue weighted by atomic mass is 9.97. The van der Waals surface area contributed by atoms with Crippen LogP contribution in [0.2, 0.25) is 0 Å². The van der Waals surface area contributed by atoms with Gasteiger partial charge in [-0.3, -0.25) is 4.79 Å². The molecule has 0 aromatic carbocycles. The van der Waals surface area contributed by atoms with E-state index in [4.69, 9.17) is 10.1 Å². The molecule has 1 saturated heterocycles. The Morgan fingerprint density at radius 2 is 1.94 bits per heavy atom. The molecule has 0 spiro atoms. The first-order valence-electron chi connectivity index (χ1n) is 6.69. The largest absolute Gasteiger partial charge is 0.481 e. The van der Waals surface area contributed by atoms with E-state index in [0.717, 1.165) is 31.7 Å². The molecule has 0 atom stereocenters. The number of carboxylic acids is 1. The van der Waals surface area contributed by atoms with Crippen molar-refractivity contribution in [3.05, 3.63) is 23.9 Å². The minimum Gasteiger partial charge on any atom is -0.481 e. The second kappa shape index (κ2) is 4.59. The molecule has 1 N–H and O–H groups in total. The third kappa shape index (κ3) is 2.33. The van der Waals surface area contributed by atoms with Crippen molar-refractivity contribution in [2.24, 2.45) is 5.92 Å². The van der Waals surface area contributed by atoms with E-state index in [1.165, 1.54) is 18.5 Å². The number of pyridine rings is 1. The zero-order chi connectivity index (χ0) is 12.5. The molecule has 1 aliphatic carbocycles. The molecule has 1 aliphatic heterocycles. The first-order chi connectivity index (χ1) is 8.74. The van der Waals surface area contributed by atoms with E-state index in [1.807, 2.05) is 6.07 Å². The van der Waals surface area contributed by atoms with Crippen LogP contribution in [0.25, 0.3) is 0 Å². The van der Waals surface area contributed by atoms with Gasteiger partial charge in [0.05, 0.1) is 5.92 Å². The zero-order valence-electron chi connectivity index (χ0n) is 10.4. The first-order valence-corrected chi connectivity index (χ1v) is 6.69. The molecule has 1 aromatic rings. The van der Waals surface area contributed by atoms with Crippen molar-refractivity contribution in [2.75, 3.05) is 18.0 Å². The molecule has 1 aromatic heterocycles. The van der Waals surface area contributed by atoms with E-state index in [-0.39, 0.29) is 5.92 Å². The fourth-order valence-corrected chi connectivity index (χ4v) is 2.58. The lowest BCUT2D eigenvalue weighted by Gasteiger charge is -2.31. The molecule has 2 fully saturated rings. The summed E-state index contributed by atoms with van der Waals surface area (Å²) in [5.74, 6) is 0.854. The minimum absolute atomic E-state index is 0.173. The van der Waals surface area contributed by atoms with Crippen molar-refractivity contribution < 1.29 is 9.90 Å². The highest BCUT2D eigenvalue weighted by Crippen LogP contribution is 2.39. The van der Waals surface area contributed by atoms with Crippen molar-refractivity contribution in [1.29, 1.82) is 0 Å². The van der Waals surface area contributed by atoms with Crippen LogP contribution in [0.4, 0.5) is 5.82 Å². The summed E-state index contributed by atoms with van der Waals surface area (Å²) in [5.41, 5.74) is 1.20. The van der Waals surface area contributed by atoms with Crippen molar-refractivity contribution >= 4 is 11.8 Å². The van der Waals surface area contributed by atoms with Crippen LogP contribution in [-0.4, -0.2) is 29.1 Å². The Balaban J connectivity index is 1.68. The summed E-state index contributed by atoms with van der Waals surface area (Å²) in [6.07, 6.45) is 3.98. The van der Waals surface area contributed by atoms with Gasteiger partial charge in [0.1, 0.15) is 5.82 Å². The number of hydrogen-bond acceptors (Lipinski definition) is 3. The molecular weight excluding hydrogens is 228 g/mol. The Morgan fingerprint density at radius 1 is 1.22 bits per heavy atom. The Morgan fingerprint density at radius 3 is 2.56 bits per heavy atom. The Labute approximate surface area is 107 Å². The van der Waals surface area contributed by atoms with Gasteiger partial charge in [-0.1, -0.05) is 6.07 Å². The second-order valence-electron chi connectivity index (χ2n) is 5.29. The maximum Gasteiger partial charge on any atom is 0.306 e. The number of hydrogen-bond donors (Lipinski definition) is 1. The zero-order valence-corrected chi connectivity index (χ0v) is 10.4. The normalized spacial score (nSPS) is 21.0. The number of aromatic nitrogens is 1. The molecule has 18 heavy (non-hydrogen) atoms. The predicted molar refractivity (Wildman–Crippen MR) is 68.8 cm³/mol. The second-order valence-corrected chi connectivity index (χ2v) is 5.29. The van der Waals surface area contributed by atoms with E-state index in [0.29, 0.717) is 5.92 Å². The van der Waals surface area contributed by atoms with Gasteiger partial charge in [-0.05, 0) is 37.8 Å². The van der Waals surface area contributed by atoms with Gasteiger partial charge in [0.25, 0.3) is 0 Å². The summed E-state index contributed by atoms with van der Waals surface area (Å²) < 4.78 is 0. The van der Waals surface area contributed by atoms with Gasteiger partial charge in [0, 0.05) is 24.7 Å². The summed E-state index contributed by atoms with van der Waals surface area (Å²) in [7, 11) is 0. The maximum absolute atomic E-state index is 10.9. The van der Waals surface area contributed by atoms with Gasteiger partial charge in [-0.15, -0.1) is 0 Å². The van der Waals surface area contributed by atoms with Gasteiger partial charge in [0.15, 0.2) is 0 Å². The third-order valence-corrected chi connectivity index (χ3v) is 3.92. The monoisotopic (exact) mass is 246 g/mol. The van der Waals surface area contributed by atoms with Crippen LogP contribution in [-0.2, 0) is 4.79 Å². The standard InChI is InChI=1S/C14H18N2O2/c17-14(18)11-6-8-16(9-7-11)13-3-1-2-12(15-13)10-4-5-10/h1-3,10-11H,4-9H2,(H,17,18). The van der Waals surface area contributed by atoms with Crippen LogP contribution < -0.4 is 4.90 Å². The van der Waals surface area contributed by atoms with Crippen LogP contribution in [0.15, 0.2) is 18.2 Å². The van der Waals surface area contributed by atoms with Gasteiger partial charge in [0.2, 0.25) is 0 Å². The third-order valence-electron chi connectivity index (χ3n) is 3.92. The molecule has 4 nitrogen and oxygen atoms in total. The number of carbonyl (C=O) groups is 1. The number of aliphatic carboxylic acids is 1. The van der Waals surface area contributed by atoms with Gasteiger partial charge < -0.3 is 10.0 Å². The number of nitrogens with zero attached hydrogens (tertiary/aromatic N) is 2.